The van der Waals surface area contributed by atoms with Gasteiger partial charge in [0.15, 0.2) is 16.6 Å². The smallest absolute Gasteiger partial charge is 0.277 e. The lowest BCUT2D eigenvalue weighted by atomic mass is 9.90. The molecule has 3 aromatic rings. The van der Waals surface area contributed by atoms with E-state index in [-0.39, 0.29) is 5.91 Å². The molecule has 0 bridgehead atoms. The number of carbonyl (C=O) groups is 1. The van der Waals surface area contributed by atoms with Crippen LogP contribution in [0.15, 0.2) is 42.5 Å². The number of fused-ring (bicyclic) bond motifs is 1. The van der Waals surface area contributed by atoms with Gasteiger partial charge >= 0.3 is 0 Å². The molecule has 1 amide bonds. The SMILES string of the molecule is O=C(Nc1nc2c(s1)CCCC2)c1ccc(N2CCC(Cc3ccccc3)CC2)nn1. The molecule has 1 aliphatic carbocycles. The summed E-state index contributed by atoms with van der Waals surface area (Å²) in [4.78, 5) is 20.7. The molecule has 160 valence electrons. The average molecular weight is 434 g/mol. The number of nitrogens with one attached hydrogen (secondary N) is 1. The predicted octanol–water partition coefficient (Wildman–Crippen LogP) is 4.52. The first-order chi connectivity index (χ1) is 15.2. The van der Waals surface area contributed by atoms with Gasteiger partial charge < -0.3 is 4.90 Å². The Balaban J connectivity index is 1.16. The van der Waals surface area contributed by atoms with Crippen molar-refractivity contribution in [1.29, 1.82) is 0 Å². The van der Waals surface area contributed by atoms with Gasteiger partial charge in [0.1, 0.15) is 0 Å². The molecular weight excluding hydrogens is 406 g/mol. The Bertz CT molecular complexity index is 1000. The lowest BCUT2D eigenvalue weighted by molar-refractivity contribution is 0.102. The van der Waals surface area contributed by atoms with Gasteiger partial charge in [-0.05, 0) is 68.6 Å². The third-order valence-corrected chi connectivity index (χ3v) is 7.33. The molecule has 3 heterocycles. The molecule has 0 atom stereocenters. The van der Waals surface area contributed by atoms with E-state index in [0.717, 1.165) is 56.7 Å². The van der Waals surface area contributed by atoms with E-state index in [1.807, 2.05) is 6.07 Å². The Labute approximate surface area is 186 Å². The topological polar surface area (TPSA) is 71.0 Å². The van der Waals surface area contributed by atoms with Crippen molar-refractivity contribution in [1.82, 2.24) is 15.2 Å². The molecule has 6 nitrogen and oxygen atoms in total. The fourth-order valence-corrected chi connectivity index (χ4v) is 5.54. The Kier molecular flexibility index (Phi) is 5.93. The Morgan fingerprint density at radius 1 is 1.03 bits per heavy atom. The standard InChI is InChI=1S/C24H27N5OS/c30-23(26-24-25-19-8-4-5-9-21(19)31-24)20-10-11-22(28-27-20)29-14-12-18(13-15-29)16-17-6-2-1-3-7-17/h1-3,6-7,10-11,18H,4-5,8-9,12-16H2,(H,25,26,30). The highest BCUT2D eigenvalue weighted by Gasteiger charge is 2.22. The number of hydrogen-bond donors (Lipinski definition) is 1. The number of anilines is 2. The van der Waals surface area contributed by atoms with Gasteiger partial charge in [0.2, 0.25) is 0 Å². The van der Waals surface area contributed by atoms with E-state index in [9.17, 15) is 4.79 Å². The summed E-state index contributed by atoms with van der Waals surface area (Å²) in [5, 5.41) is 12.1. The van der Waals surface area contributed by atoms with Crippen molar-refractivity contribution in [2.45, 2.75) is 44.9 Å². The zero-order valence-corrected chi connectivity index (χ0v) is 18.4. The van der Waals surface area contributed by atoms with Crippen LogP contribution in [0, 0.1) is 5.92 Å². The zero-order valence-electron chi connectivity index (χ0n) is 17.6. The second-order valence-corrected chi connectivity index (χ2v) is 9.53. The number of aryl methyl sites for hydroxylation is 2. The first-order valence-corrected chi connectivity index (χ1v) is 12.0. The minimum atomic E-state index is -0.244. The first kappa shape index (κ1) is 20.1. The third-order valence-electron chi connectivity index (χ3n) is 6.25. The summed E-state index contributed by atoms with van der Waals surface area (Å²) >= 11 is 1.59. The molecule has 1 N–H and O–H groups in total. The molecule has 0 saturated carbocycles. The molecule has 5 rings (SSSR count). The molecule has 2 aliphatic rings. The van der Waals surface area contributed by atoms with Gasteiger partial charge in [-0.25, -0.2) is 4.98 Å². The van der Waals surface area contributed by atoms with E-state index >= 15 is 0 Å². The highest BCUT2D eigenvalue weighted by Crippen LogP contribution is 2.30. The van der Waals surface area contributed by atoms with Crippen molar-refractivity contribution in [3.63, 3.8) is 0 Å². The van der Waals surface area contributed by atoms with Gasteiger partial charge in [-0.2, -0.15) is 0 Å². The monoisotopic (exact) mass is 433 g/mol. The van der Waals surface area contributed by atoms with Gasteiger partial charge in [0.25, 0.3) is 5.91 Å². The van der Waals surface area contributed by atoms with Crippen molar-refractivity contribution in [2.24, 2.45) is 5.92 Å². The van der Waals surface area contributed by atoms with E-state index < -0.39 is 0 Å². The first-order valence-electron chi connectivity index (χ1n) is 11.2. The van der Waals surface area contributed by atoms with Gasteiger partial charge in [0.05, 0.1) is 5.69 Å². The van der Waals surface area contributed by atoms with Crippen molar-refractivity contribution in [3.05, 3.63) is 64.3 Å². The molecule has 0 spiro atoms. The predicted molar refractivity (Wildman–Crippen MR) is 124 cm³/mol. The number of carbonyl (C=O) groups excluding carboxylic acids is 1. The molecule has 2 aromatic heterocycles. The van der Waals surface area contributed by atoms with Crippen molar-refractivity contribution in [3.8, 4) is 0 Å². The van der Waals surface area contributed by atoms with Crippen molar-refractivity contribution < 1.29 is 4.79 Å². The Morgan fingerprint density at radius 2 is 1.84 bits per heavy atom. The van der Waals surface area contributed by atoms with Crippen LogP contribution >= 0.6 is 11.3 Å². The lowest BCUT2D eigenvalue weighted by Crippen LogP contribution is -2.35. The van der Waals surface area contributed by atoms with Crippen LogP contribution in [0.5, 0.6) is 0 Å². The van der Waals surface area contributed by atoms with Crippen LogP contribution in [0.4, 0.5) is 10.9 Å². The number of amides is 1. The van der Waals surface area contributed by atoms with Crippen molar-refractivity contribution >= 4 is 28.2 Å². The maximum absolute atomic E-state index is 12.6. The summed E-state index contributed by atoms with van der Waals surface area (Å²) in [6.45, 7) is 1.95. The fraction of sp³-hybridized carbons (Fsp3) is 0.417. The zero-order chi connectivity index (χ0) is 21.0. The van der Waals surface area contributed by atoms with Crippen LogP contribution < -0.4 is 10.2 Å². The largest absolute Gasteiger partial charge is 0.355 e. The number of rotatable bonds is 5. The normalized spacial score (nSPS) is 16.7. The highest BCUT2D eigenvalue weighted by molar-refractivity contribution is 7.15. The van der Waals surface area contributed by atoms with Gasteiger partial charge in [-0.15, -0.1) is 21.5 Å². The quantitative estimate of drug-likeness (QED) is 0.640. The van der Waals surface area contributed by atoms with Crippen LogP contribution in [0.25, 0.3) is 0 Å². The Morgan fingerprint density at radius 3 is 2.58 bits per heavy atom. The minimum absolute atomic E-state index is 0.244. The number of aromatic nitrogens is 3. The van der Waals surface area contributed by atoms with E-state index in [2.05, 4.69) is 55.7 Å². The summed E-state index contributed by atoms with van der Waals surface area (Å²) in [5.74, 6) is 1.31. The molecule has 31 heavy (non-hydrogen) atoms. The van der Waals surface area contributed by atoms with Gasteiger partial charge in [0, 0.05) is 18.0 Å². The highest BCUT2D eigenvalue weighted by atomic mass is 32.1. The van der Waals surface area contributed by atoms with E-state index in [1.165, 1.54) is 23.3 Å². The number of thiazole rings is 1. The van der Waals surface area contributed by atoms with Crippen LogP contribution in [0.1, 0.15) is 52.3 Å². The number of hydrogen-bond acceptors (Lipinski definition) is 6. The number of benzene rings is 1. The lowest BCUT2D eigenvalue weighted by Gasteiger charge is -2.32. The van der Waals surface area contributed by atoms with Crippen LogP contribution in [-0.4, -0.2) is 34.2 Å². The van der Waals surface area contributed by atoms with Crippen molar-refractivity contribution in [2.75, 3.05) is 23.3 Å². The summed E-state index contributed by atoms with van der Waals surface area (Å²) in [5.41, 5.74) is 2.89. The molecule has 1 aliphatic heterocycles. The average Bonchev–Trinajstić information content (AvgIpc) is 3.23. The molecule has 0 unspecified atom stereocenters. The third kappa shape index (κ3) is 4.77. The van der Waals surface area contributed by atoms with E-state index in [1.54, 1.807) is 17.4 Å². The summed E-state index contributed by atoms with van der Waals surface area (Å²) in [6, 6.07) is 14.4. The number of piperidine rings is 1. The summed E-state index contributed by atoms with van der Waals surface area (Å²) in [6.07, 6.45) is 7.90. The maximum atomic E-state index is 12.6. The Hall–Kier alpha value is -2.80. The molecule has 7 heteroatoms. The summed E-state index contributed by atoms with van der Waals surface area (Å²) in [7, 11) is 0. The molecule has 0 radical (unpaired) electrons. The second-order valence-electron chi connectivity index (χ2n) is 8.45. The molecule has 1 aromatic carbocycles. The van der Waals surface area contributed by atoms with Gasteiger partial charge in [-0.1, -0.05) is 30.3 Å². The second kappa shape index (κ2) is 9.14. The van der Waals surface area contributed by atoms with Crippen LogP contribution in [-0.2, 0) is 19.3 Å². The van der Waals surface area contributed by atoms with Crippen LogP contribution in [0.2, 0.25) is 0 Å². The molecule has 1 saturated heterocycles. The molecule has 1 fully saturated rings. The maximum Gasteiger partial charge on any atom is 0.277 e. The minimum Gasteiger partial charge on any atom is -0.355 e. The van der Waals surface area contributed by atoms with E-state index in [0.29, 0.717) is 16.7 Å². The fourth-order valence-electron chi connectivity index (χ4n) is 4.50. The van der Waals surface area contributed by atoms with Crippen LogP contribution in [0.3, 0.4) is 0 Å². The summed E-state index contributed by atoms with van der Waals surface area (Å²) < 4.78 is 0. The molecular formula is C24H27N5OS. The van der Waals surface area contributed by atoms with E-state index in [4.69, 9.17) is 0 Å². The van der Waals surface area contributed by atoms with Gasteiger partial charge in [-0.3, -0.25) is 10.1 Å². The number of nitrogens with zero attached hydrogens (tertiary/aromatic N) is 4.